The third-order valence-corrected chi connectivity index (χ3v) is 2.81. The first-order chi connectivity index (χ1) is 7.75. The van der Waals surface area contributed by atoms with Crippen molar-refractivity contribution in [3.05, 3.63) is 52.0 Å². The molecule has 16 heavy (non-hydrogen) atoms. The Morgan fingerprint density at radius 2 is 2.19 bits per heavy atom. The molecule has 0 saturated heterocycles. The number of rotatable bonds is 3. The SMILES string of the molecule is Clc1cc(Br)ccc1NCc1cnccn1. The van der Waals surface area contributed by atoms with Crippen molar-refractivity contribution in [1.29, 1.82) is 0 Å². The van der Waals surface area contributed by atoms with Crippen molar-refractivity contribution in [1.82, 2.24) is 9.97 Å². The van der Waals surface area contributed by atoms with Crippen LogP contribution in [-0.4, -0.2) is 9.97 Å². The average Bonchev–Trinajstić information content (AvgIpc) is 2.29. The summed E-state index contributed by atoms with van der Waals surface area (Å²) >= 11 is 9.42. The fraction of sp³-hybridized carbons (Fsp3) is 0.0909. The molecule has 1 aromatic carbocycles. The molecule has 0 saturated carbocycles. The highest BCUT2D eigenvalue weighted by Gasteiger charge is 2.00. The predicted octanol–water partition coefficient (Wildman–Crippen LogP) is 3.50. The molecule has 0 unspecified atom stereocenters. The predicted molar refractivity (Wildman–Crippen MR) is 68.5 cm³/mol. The Labute approximate surface area is 107 Å². The minimum atomic E-state index is 0.606. The summed E-state index contributed by atoms with van der Waals surface area (Å²) in [6.45, 7) is 0.606. The van der Waals surface area contributed by atoms with Crippen LogP contribution in [0.2, 0.25) is 5.02 Å². The van der Waals surface area contributed by atoms with Crippen molar-refractivity contribution in [2.45, 2.75) is 6.54 Å². The van der Waals surface area contributed by atoms with Crippen LogP contribution in [0.4, 0.5) is 5.69 Å². The second-order valence-corrected chi connectivity index (χ2v) is 4.50. The summed E-state index contributed by atoms with van der Waals surface area (Å²) < 4.78 is 0.961. The van der Waals surface area contributed by atoms with Crippen LogP contribution in [0.5, 0.6) is 0 Å². The molecule has 0 aliphatic carbocycles. The van der Waals surface area contributed by atoms with E-state index in [9.17, 15) is 0 Å². The van der Waals surface area contributed by atoms with E-state index in [4.69, 9.17) is 11.6 Å². The molecule has 5 heteroatoms. The molecule has 0 aliphatic rings. The highest BCUT2D eigenvalue weighted by atomic mass is 79.9. The molecule has 1 heterocycles. The van der Waals surface area contributed by atoms with E-state index < -0.39 is 0 Å². The smallest absolute Gasteiger partial charge is 0.0777 e. The van der Waals surface area contributed by atoms with Gasteiger partial charge in [-0.25, -0.2) is 0 Å². The maximum atomic E-state index is 6.07. The molecule has 0 amide bonds. The quantitative estimate of drug-likeness (QED) is 0.942. The first kappa shape index (κ1) is 11.4. The van der Waals surface area contributed by atoms with Crippen LogP contribution in [0, 0.1) is 0 Å². The second kappa shape index (κ2) is 5.27. The average molecular weight is 299 g/mol. The van der Waals surface area contributed by atoms with Gasteiger partial charge in [0.05, 0.1) is 29.1 Å². The van der Waals surface area contributed by atoms with Gasteiger partial charge in [0.25, 0.3) is 0 Å². The molecule has 0 radical (unpaired) electrons. The molecule has 1 N–H and O–H groups in total. The lowest BCUT2D eigenvalue weighted by molar-refractivity contribution is 1.01. The molecule has 82 valence electrons. The zero-order valence-corrected chi connectivity index (χ0v) is 10.7. The number of hydrogen-bond donors (Lipinski definition) is 1. The van der Waals surface area contributed by atoms with E-state index in [0.29, 0.717) is 11.6 Å². The molecule has 0 bridgehead atoms. The standard InChI is InChI=1S/C11H9BrClN3/c12-8-1-2-11(10(13)5-8)16-7-9-6-14-3-4-15-9/h1-6,16H,7H2. The summed E-state index contributed by atoms with van der Waals surface area (Å²) in [5, 5.41) is 3.88. The van der Waals surface area contributed by atoms with Gasteiger partial charge in [0, 0.05) is 16.9 Å². The topological polar surface area (TPSA) is 37.8 Å². The van der Waals surface area contributed by atoms with Gasteiger partial charge in [-0.05, 0) is 18.2 Å². The Bertz CT molecular complexity index is 476. The van der Waals surface area contributed by atoms with Gasteiger partial charge < -0.3 is 5.32 Å². The number of aromatic nitrogens is 2. The van der Waals surface area contributed by atoms with Gasteiger partial charge in [0.1, 0.15) is 0 Å². The monoisotopic (exact) mass is 297 g/mol. The Morgan fingerprint density at radius 3 is 2.88 bits per heavy atom. The minimum absolute atomic E-state index is 0.606. The Hall–Kier alpha value is -1.13. The largest absolute Gasteiger partial charge is 0.378 e. The first-order valence-electron chi connectivity index (χ1n) is 4.69. The number of benzene rings is 1. The van der Waals surface area contributed by atoms with Crippen LogP contribution in [0.15, 0.2) is 41.3 Å². The Kier molecular flexibility index (Phi) is 3.74. The summed E-state index contributed by atoms with van der Waals surface area (Å²) in [6, 6.07) is 5.70. The fourth-order valence-electron chi connectivity index (χ4n) is 1.24. The minimum Gasteiger partial charge on any atom is -0.378 e. The van der Waals surface area contributed by atoms with Gasteiger partial charge in [-0.15, -0.1) is 0 Å². The molecule has 2 aromatic rings. The lowest BCUT2D eigenvalue weighted by Gasteiger charge is -2.07. The van der Waals surface area contributed by atoms with Crippen molar-refractivity contribution >= 4 is 33.2 Å². The Balaban J connectivity index is 2.05. The van der Waals surface area contributed by atoms with E-state index in [1.54, 1.807) is 18.6 Å². The zero-order valence-electron chi connectivity index (χ0n) is 8.32. The zero-order chi connectivity index (χ0) is 11.4. The second-order valence-electron chi connectivity index (χ2n) is 3.17. The number of anilines is 1. The van der Waals surface area contributed by atoms with E-state index in [2.05, 4.69) is 31.2 Å². The lowest BCUT2D eigenvalue weighted by atomic mass is 10.3. The van der Waals surface area contributed by atoms with Gasteiger partial charge >= 0.3 is 0 Å². The van der Waals surface area contributed by atoms with E-state index in [1.165, 1.54) is 0 Å². The number of nitrogens with zero attached hydrogens (tertiary/aromatic N) is 2. The summed E-state index contributed by atoms with van der Waals surface area (Å²) in [5.74, 6) is 0. The van der Waals surface area contributed by atoms with Crippen molar-refractivity contribution < 1.29 is 0 Å². The highest BCUT2D eigenvalue weighted by molar-refractivity contribution is 9.10. The van der Waals surface area contributed by atoms with E-state index in [0.717, 1.165) is 15.9 Å². The number of nitrogens with one attached hydrogen (secondary N) is 1. The summed E-state index contributed by atoms with van der Waals surface area (Å²) in [7, 11) is 0. The number of halogens is 2. The third-order valence-electron chi connectivity index (χ3n) is 2.01. The lowest BCUT2D eigenvalue weighted by Crippen LogP contribution is -2.02. The van der Waals surface area contributed by atoms with Crippen molar-refractivity contribution in [2.75, 3.05) is 5.32 Å². The molecule has 0 spiro atoms. The molecule has 3 nitrogen and oxygen atoms in total. The highest BCUT2D eigenvalue weighted by Crippen LogP contribution is 2.25. The fourth-order valence-corrected chi connectivity index (χ4v) is 1.98. The maximum absolute atomic E-state index is 6.07. The van der Waals surface area contributed by atoms with Crippen molar-refractivity contribution in [2.24, 2.45) is 0 Å². The van der Waals surface area contributed by atoms with Crippen molar-refractivity contribution in [3.8, 4) is 0 Å². The molecule has 0 atom stereocenters. The molecule has 0 fully saturated rings. The third kappa shape index (κ3) is 2.93. The van der Waals surface area contributed by atoms with Crippen LogP contribution >= 0.6 is 27.5 Å². The van der Waals surface area contributed by atoms with Gasteiger partial charge in [0.15, 0.2) is 0 Å². The van der Waals surface area contributed by atoms with Gasteiger partial charge in [0.2, 0.25) is 0 Å². The molecule has 1 aromatic heterocycles. The van der Waals surface area contributed by atoms with Gasteiger partial charge in [-0.1, -0.05) is 27.5 Å². The maximum Gasteiger partial charge on any atom is 0.0777 e. The molecular weight excluding hydrogens is 289 g/mol. The van der Waals surface area contributed by atoms with Crippen molar-refractivity contribution in [3.63, 3.8) is 0 Å². The summed E-state index contributed by atoms with van der Waals surface area (Å²) in [6.07, 6.45) is 5.04. The first-order valence-corrected chi connectivity index (χ1v) is 5.86. The molecular formula is C11H9BrClN3. The van der Waals surface area contributed by atoms with Crippen LogP contribution in [0.25, 0.3) is 0 Å². The van der Waals surface area contributed by atoms with Crippen LogP contribution in [0.1, 0.15) is 5.69 Å². The van der Waals surface area contributed by atoms with Gasteiger partial charge in [-0.2, -0.15) is 0 Å². The summed E-state index contributed by atoms with van der Waals surface area (Å²) in [5.41, 5.74) is 1.76. The molecule has 2 rings (SSSR count). The van der Waals surface area contributed by atoms with Gasteiger partial charge in [-0.3, -0.25) is 9.97 Å². The summed E-state index contributed by atoms with van der Waals surface area (Å²) in [4.78, 5) is 8.15. The van der Waals surface area contributed by atoms with Crippen LogP contribution < -0.4 is 5.32 Å². The van der Waals surface area contributed by atoms with Crippen LogP contribution in [0.3, 0.4) is 0 Å². The molecule has 0 aliphatic heterocycles. The van der Waals surface area contributed by atoms with Crippen LogP contribution in [-0.2, 0) is 6.54 Å². The van der Waals surface area contributed by atoms with E-state index in [1.807, 2.05) is 18.2 Å². The van der Waals surface area contributed by atoms with E-state index >= 15 is 0 Å². The van der Waals surface area contributed by atoms with E-state index in [-0.39, 0.29) is 0 Å². The normalized spacial score (nSPS) is 10.1. The number of hydrogen-bond acceptors (Lipinski definition) is 3. The Morgan fingerprint density at radius 1 is 1.31 bits per heavy atom.